The minimum absolute atomic E-state index is 0.572. The van der Waals surface area contributed by atoms with E-state index in [2.05, 4.69) is 30.9 Å². The van der Waals surface area contributed by atoms with Crippen LogP contribution in [-0.4, -0.2) is 28.3 Å². The Balaban J connectivity index is 2.16. The van der Waals surface area contributed by atoms with Gasteiger partial charge in [-0.2, -0.15) is 11.8 Å². The van der Waals surface area contributed by atoms with Crippen molar-refractivity contribution >= 4 is 17.5 Å². The molecule has 0 spiro atoms. The quantitative estimate of drug-likeness (QED) is 0.662. The van der Waals surface area contributed by atoms with E-state index in [0.29, 0.717) is 17.8 Å². The van der Waals surface area contributed by atoms with E-state index in [1.54, 1.807) is 0 Å². The van der Waals surface area contributed by atoms with Crippen LogP contribution in [0.25, 0.3) is 0 Å². The number of rotatable bonds is 8. The average molecular weight is 324 g/mol. The maximum atomic E-state index is 5.97. The number of hydrogen-bond donors (Lipinski definition) is 0. The predicted molar refractivity (Wildman–Crippen MR) is 92.7 cm³/mol. The largest absolute Gasteiger partial charge is 0.445 e. The number of fused-ring (bicyclic) bond motifs is 1. The Morgan fingerprint density at radius 3 is 2.86 bits per heavy atom. The fourth-order valence-corrected chi connectivity index (χ4v) is 3.98. The SMILES string of the molecule is CCCc1nc2c(o1)CC(CC(C)SCC)CC2=NOCC. The highest BCUT2D eigenvalue weighted by Gasteiger charge is 2.30. The smallest absolute Gasteiger partial charge is 0.195 e. The van der Waals surface area contributed by atoms with Gasteiger partial charge in [-0.1, -0.05) is 25.9 Å². The molecule has 22 heavy (non-hydrogen) atoms. The zero-order valence-corrected chi connectivity index (χ0v) is 15.0. The molecular weight excluding hydrogens is 296 g/mol. The summed E-state index contributed by atoms with van der Waals surface area (Å²) in [6.45, 7) is 9.22. The molecule has 1 aliphatic rings. The molecule has 0 fully saturated rings. The molecule has 1 aromatic rings. The lowest BCUT2D eigenvalue weighted by Crippen LogP contribution is -2.23. The van der Waals surface area contributed by atoms with E-state index in [4.69, 9.17) is 9.25 Å². The van der Waals surface area contributed by atoms with Gasteiger partial charge in [0, 0.05) is 18.1 Å². The van der Waals surface area contributed by atoms with Crippen molar-refractivity contribution in [2.75, 3.05) is 12.4 Å². The first kappa shape index (κ1) is 17.4. The molecular formula is C17H28N2O2S. The highest BCUT2D eigenvalue weighted by atomic mass is 32.2. The van der Waals surface area contributed by atoms with Crippen LogP contribution in [0.2, 0.25) is 0 Å². The third-order valence-electron chi connectivity index (χ3n) is 3.86. The molecule has 0 aliphatic heterocycles. The molecule has 5 heteroatoms. The van der Waals surface area contributed by atoms with Crippen molar-refractivity contribution in [1.29, 1.82) is 0 Å². The van der Waals surface area contributed by atoms with Gasteiger partial charge >= 0.3 is 0 Å². The predicted octanol–water partition coefficient (Wildman–Crippen LogP) is 4.46. The van der Waals surface area contributed by atoms with Gasteiger partial charge in [0.2, 0.25) is 0 Å². The summed E-state index contributed by atoms with van der Waals surface area (Å²) in [6.07, 6.45) is 5.05. The summed E-state index contributed by atoms with van der Waals surface area (Å²) < 4.78 is 5.97. The second-order valence-corrected chi connectivity index (χ2v) is 7.58. The Bertz CT molecular complexity index is 499. The van der Waals surface area contributed by atoms with Crippen molar-refractivity contribution < 1.29 is 9.25 Å². The molecule has 0 N–H and O–H groups in total. The Morgan fingerprint density at radius 2 is 2.18 bits per heavy atom. The van der Waals surface area contributed by atoms with Crippen LogP contribution in [0.1, 0.15) is 64.3 Å². The normalized spacial score (nSPS) is 20.9. The Kier molecular flexibility index (Phi) is 6.80. The molecule has 0 aromatic carbocycles. The van der Waals surface area contributed by atoms with Crippen molar-refractivity contribution in [3.8, 4) is 0 Å². The summed E-state index contributed by atoms with van der Waals surface area (Å²) in [5.41, 5.74) is 1.90. The van der Waals surface area contributed by atoms with E-state index in [0.717, 1.165) is 48.7 Å². The summed E-state index contributed by atoms with van der Waals surface area (Å²) in [7, 11) is 0. The van der Waals surface area contributed by atoms with Gasteiger partial charge in [-0.05, 0) is 37.9 Å². The number of nitrogens with zero attached hydrogens (tertiary/aromatic N) is 2. The zero-order valence-electron chi connectivity index (χ0n) is 14.2. The molecule has 4 nitrogen and oxygen atoms in total. The molecule has 124 valence electrons. The van der Waals surface area contributed by atoms with E-state index in [-0.39, 0.29) is 0 Å². The minimum atomic E-state index is 0.572. The molecule has 0 saturated heterocycles. The molecule has 2 unspecified atom stereocenters. The number of thioether (sulfide) groups is 1. The van der Waals surface area contributed by atoms with Gasteiger partial charge in [0.25, 0.3) is 0 Å². The first-order valence-corrected chi connectivity index (χ1v) is 9.52. The van der Waals surface area contributed by atoms with E-state index >= 15 is 0 Å². The molecule has 0 saturated carbocycles. The summed E-state index contributed by atoms with van der Waals surface area (Å²) >= 11 is 2.02. The lowest BCUT2D eigenvalue weighted by molar-refractivity contribution is 0.157. The number of hydrogen-bond acceptors (Lipinski definition) is 5. The van der Waals surface area contributed by atoms with E-state index in [9.17, 15) is 0 Å². The number of aryl methyl sites for hydroxylation is 1. The first-order valence-electron chi connectivity index (χ1n) is 8.47. The van der Waals surface area contributed by atoms with E-state index < -0.39 is 0 Å². The third kappa shape index (κ3) is 4.51. The number of oxazole rings is 1. The standard InChI is InChI=1S/C17H28N2O2S/c1-5-8-16-18-17-14(19-20-6-2)10-13(11-15(17)21-16)9-12(4)22-7-3/h12-13H,5-11H2,1-4H3. The lowest BCUT2D eigenvalue weighted by Gasteiger charge is -2.23. The fourth-order valence-electron chi connectivity index (χ4n) is 3.00. The number of aromatic nitrogens is 1. The third-order valence-corrected chi connectivity index (χ3v) is 4.95. The molecule has 0 bridgehead atoms. The van der Waals surface area contributed by atoms with Gasteiger partial charge in [0.05, 0.1) is 0 Å². The Hall–Kier alpha value is -0.970. The maximum Gasteiger partial charge on any atom is 0.195 e. The molecule has 0 radical (unpaired) electrons. The molecule has 1 heterocycles. The zero-order chi connectivity index (χ0) is 15.9. The topological polar surface area (TPSA) is 47.6 Å². The van der Waals surface area contributed by atoms with Gasteiger partial charge in [0.15, 0.2) is 5.89 Å². The molecule has 1 aromatic heterocycles. The molecule has 2 rings (SSSR count). The summed E-state index contributed by atoms with van der Waals surface area (Å²) in [5, 5.41) is 4.98. The van der Waals surface area contributed by atoms with Gasteiger partial charge in [-0.3, -0.25) is 0 Å². The highest BCUT2D eigenvalue weighted by molar-refractivity contribution is 7.99. The van der Waals surface area contributed by atoms with Crippen LogP contribution < -0.4 is 0 Å². The summed E-state index contributed by atoms with van der Waals surface area (Å²) in [4.78, 5) is 9.94. The maximum absolute atomic E-state index is 5.97. The molecule has 1 aliphatic carbocycles. The average Bonchev–Trinajstić information content (AvgIpc) is 2.88. The lowest BCUT2D eigenvalue weighted by atomic mass is 9.86. The van der Waals surface area contributed by atoms with Gasteiger partial charge in [-0.25, -0.2) is 4.98 Å². The van der Waals surface area contributed by atoms with E-state index in [1.165, 1.54) is 12.2 Å². The van der Waals surface area contributed by atoms with Gasteiger partial charge in [-0.15, -0.1) is 0 Å². The monoisotopic (exact) mass is 324 g/mol. The van der Waals surface area contributed by atoms with Gasteiger partial charge < -0.3 is 9.25 Å². The van der Waals surface area contributed by atoms with Gasteiger partial charge in [0.1, 0.15) is 23.8 Å². The van der Waals surface area contributed by atoms with Crippen LogP contribution in [0.5, 0.6) is 0 Å². The van der Waals surface area contributed by atoms with Crippen molar-refractivity contribution in [2.45, 2.75) is 65.0 Å². The highest BCUT2D eigenvalue weighted by Crippen LogP contribution is 2.32. The number of oxime groups is 1. The van der Waals surface area contributed by atoms with Crippen LogP contribution in [-0.2, 0) is 17.7 Å². The summed E-state index contributed by atoms with van der Waals surface area (Å²) in [5.74, 6) is 3.59. The second kappa shape index (κ2) is 8.61. The van der Waals surface area contributed by atoms with Crippen LogP contribution in [0.4, 0.5) is 0 Å². The van der Waals surface area contributed by atoms with Crippen molar-refractivity contribution in [1.82, 2.24) is 4.98 Å². The van der Waals surface area contributed by atoms with Crippen LogP contribution in [0.3, 0.4) is 0 Å². The fraction of sp³-hybridized carbons (Fsp3) is 0.765. The molecule has 0 amide bonds. The van der Waals surface area contributed by atoms with Crippen LogP contribution in [0.15, 0.2) is 9.57 Å². The Labute approximate surface area is 138 Å². The second-order valence-electron chi connectivity index (χ2n) is 5.86. The minimum Gasteiger partial charge on any atom is -0.445 e. The van der Waals surface area contributed by atoms with Crippen molar-refractivity contribution in [2.24, 2.45) is 11.1 Å². The van der Waals surface area contributed by atoms with Crippen molar-refractivity contribution in [3.63, 3.8) is 0 Å². The van der Waals surface area contributed by atoms with E-state index in [1.807, 2.05) is 18.7 Å². The first-order chi connectivity index (χ1) is 10.7. The summed E-state index contributed by atoms with van der Waals surface area (Å²) in [6, 6.07) is 0. The van der Waals surface area contributed by atoms with Crippen LogP contribution >= 0.6 is 11.8 Å². The van der Waals surface area contributed by atoms with Crippen LogP contribution in [0, 0.1) is 5.92 Å². The van der Waals surface area contributed by atoms with Crippen molar-refractivity contribution in [3.05, 3.63) is 17.3 Å². The molecule has 2 atom stereocenters. The Morgan fingerprint density at radius 1 is 1.36 bits per heavy atom.